The van der Waals surface area contributed by atoms with Crippen molar-refractivity contribution >= 4 is 5.97 Å². The molecule has 0 bridgehead atoms. The monoisotopic (exact) mass is 367 g/mol. The summed E-state index contributed by atoms with van der Waals surface area (Å²) in [6.07, 6.45) is -4.33. The number of ether oxygens (including phenoxy) is 2. The van der Waals surface area contributed by atoms with E-state index < -0.39 is 11.7 Å². The highest BCUT2D eigenvalue weighted by molar-refractivity contribution is 5.72. The highest BCUT2D eigenvalue weighted by atomic mass is 19.4. The highest BCUT2D eigenvalue weighted by Crippen LogP contribution is 2.34. The predicted octanol–water partition coefficient (Wildman–Crippen LogP) is 4.32. The summed E-state index contributed by atoms with van der Waals surface area (Å²) in [5.74, 6) is 0.377. The smallest absolute Gasteiger partial charge is 0.416 e. The topological polar surface area (TPSA) is 47.6 Å². The van der Waals surface area contributed by atoms with Crippen LogP contribution in [0.3, 0.4) is 0 Å². The van der Waals surface area contributed by atoms with Gasteiger partial charge in [-0.2, -0.15) is 13.2 Å². The molecule has 1 N–H and O–H groups in total. The third-order valence-electron chi connectivity index (χ3n) is 3.66. The Bertz CT molecular complexity index is 760. The number of esters is 1. The fraction of sp³-hybridized carbons (Fsp3) is 0.316. The van der Waals surface area contributed by atoms with E-state index in [4.69, 9.17) is 4.74 Å². The quantitative estimate of drug-likeness (QED) is 0.741. The largest absolute Gasteiger partial charge is 0.469 e. The van der Waals surface area contributed by atoms with Crippen molar-refractivity contribution in [3.8, 4) is 11.5 Å². The first-order chi connectivity index (χ1) is 12.3. The minimum absolute atomic E-state index is 0.0883. The minimum Gasteiger partial charge on any atom is -0.469 e. The maximum Gasteiger partial charge on any atom is 0.416 e. The molecule has 0 spiro atoms. The number of halogens is 3. The summed E-state index contributed by atoms with van der Waals surface area (Å²) < 4.78 is 49.3. The van der Waals surface area contributed by atoms with Gasteiger partial charge in [0.05, 0.1) is 19.1 Å². The van der Waals surface area contributed by atoms with Gasteiger partial charge in [0.2, 0.25) is 0 Å². The van der Waals surface area contributed by atoms with E-state index in [1.165, 1.54) is 13.2 Å². The molecule has 0 saturated carbocycles. The highest BCUT2D eigenvalue weighted by Gasteiger charge is 2.31. The first kappa shape index (κ1) is 19.8. The number of methoxy groups -OCH3 is 1. The molecule has 0 saturated heterocycles. The summed E-state index contributed by atoms with van der Waals surface area (Å²) in [6, 6.07) is 10.2. The SMILES string of the molecule is CCNCc1cc(C(F)(F)F)ccc1Oc1cccc(CC(=O)OC)c1. The third-order valence-corrected chi connectivity index (χ3v) is 3.66. The first-order valence-electron chi connectivity index (χ1n) is 8.08. The van der Waals surface area contributed by atoms with Crippen molar-refractivity contribution in [2.75, 3.05) is 13.7 Å². The zero-order valence-corrected chi connectivity index (χ0v) is 14.5. The lowest BCUT2D eigenvalue weighted by Gasteiger charge is -2.15. The Morgan fingerprint density at radius 3 is 2.58 bits per heavy atom. The van der Waals surface area contributed by atoms with Gasteiger partial charge in [-0.25, -0.2) is 0 Å². The van der Waals surface area contributed by atoms with Crippen LogP contribution in [0.1, 0.15) is 23.6 Å². The van der Waals surface area contributed by atoms with Crippen molar-refractivity contribution in [2.24, 2.45) is 0 Å². The number of alkyl halides is 3. The van der Waals surface area contributed by atoms with Gasteiger partial charge in [0.15, 0.2) is 0 Å². The van der Waals surface area contributed by atoms with E-state index in [0.717, 1.165) is 12.1 Å². The zero-order valence-electron chi connectivity index (χ0n) is 14.5. The average molecular weight is 367 g/mol. The van der Waals surface area contributed by atoms with Crippen LogP contribution in [-0.4, -0.2) is 19.6 Å². The van der Waals surface area contributed by atoms with Crippen molar-refractivity contribution in [3.63, 3.8) is 0 Å². The zero-order chi connectivity index (χ0) is 19.2. The van der Waals surface area contributed by atoms with E-state index in [2.05, 4.69) is 10.1 Å². The fourth-order valence-electron chi connectivity index (χ4n) is 2.34. The molecule has 140 valence electrons. The normalized spacial score (nSPS) is 11.3. The first-order valence-corrected chi connectivity index (χ1v) is 8.08. The van der Waals surface area contributed by atoms with Gasteiger partial charge in [0.1, 0.15) is 11.5 Å². The predicted molar refractivity (Wildman–Crippen MR) is 91.1 cm³/mol. The van der Waals surface area contributed by atoms with E-state index in [-0.39, 0.29) is 18.9 Å². The molecule has 0 atom stereocenters. The molecule has 0 fully saturated rings. The van der Waals surface area contributed by atoms with Crippen LogP contribution in [0.25, 0.3) is 0 Å². The van der Waals surface area contributed by atoms with E-state index in [1.807, 2.05) is 6.92 Å². The molecule has 0 aliphatic heterocycles. The maximum absolute atomic E-state index is 13.0. The second-order valence-electron chi connectivity index (χ2n) is 5.60. The molecular weight excluding hydrogens is 347 g/mol. The molecule has 2 rings (SSSR count). The summed E-state index contributed by atoms with van der Waals surface area (Å²) in [7, 11) is 1.30. The minimum atomic E-state index is -4.42. The van der Waals surface area contributed by atoms with Gasteiger partial charge in [0.25, 0.3) is 0 Å². The maximum atomic E-state index is 13.0. The third kappa shape index (κ3) is 5.49. The van der Waals surface area contributed by atoms with E-state index >= 15 is 0 Å². The molecule has 26 heavy (non-hydrogen) atoms. The van der Waals surface area contributed by atoms with Crippen LogP contribution in [-0.2, 0) is 28.7 Å². The van der Waals surface area contributed by atoms with Crippen LogP contribution < -0.4 is 10.1 Å². The molecule has 0 aliphatic rings. The second-order valence-corrected chi connectivity index (χ2v) is 5.60. The van der Waals surface area contributed by atoms with Gasteiger partial charge in [-0.3, -0.25) is 4.79 Å². The van der Waals surface area contributed by atoms with Crippen molar-refractivity contribution in [3.05, 3.63) is 59.2 Å². The summed E-state index contributed by atoms with van der Waals surface area (Å²) >= 11 is 0. The van der Waals surface area contributed by atoms with Crippen molar-refractivity contribution in [1.29, 1.82) is 0 Å². The summed E-state index contributed by atoms with van der Waals surface area (Å²) in [4.78, 5) is 11.4. The molecular formula is C19H20F3NO3. The van der Waals surface area contributed by atoms with Crippen molar-refractivity contribution < 1.29 is 27.4 Å². The Morgan fingerprint density at radius 1 is 1.15 bits per heavy atom. The van der Waals surface area contributed by atoms with Crippen LogP contribution in [0.5, 0.6) is 11.5 Å². The molecule has 2 aromatic rings. The summed E-state index contributed by atoms with van der Waals surface area (Å²) in [5.41, 5.74) is 0.367. The lowest BCUT2D eigenvalue weighted by atomic mass is 10.1. The van der Waals surface area contributed by atoms with Gasteiger partial charge in [-0.05, 0) is 42.4 Å². The van der Waals surface area contributed by atoms with Crippen LogP contribution in [0, 0.1) is 0 Å². The van der Waals surface area contributed by atoms with E-state index in [0.29, 0.717) is 29.2 Å². The number of hydrogen-bond acceptors (Lipinski definition) is 4. The molecule has 2 aromatic carbocycles. The fourth-order valence-corrected chi connectivity index (χ4v) is 2.34. The molecule has 4 nitrogen and oxygen atoms in total. The number of carbonyl (C=O) groups is 1. The lowest BCUT2D eigenvalue weighted by Crippen LogP contribution is -2.14. The number of benzene rings is 2. The Kier molecular flexibility index (Phi) is 6.63. The molecule has 0 heterocycles. The van der Waals surface area contributed by atoms with Gasteiger partial charge in [-0.1, -0.05) is 19.1 Å². The Hall–Kier alpha value is -2.54. The van der Waals surface area contributed by atoms with Crippen LogP contribution in [0.15, 0.2) is 42.5 Å². The average Bonchev–Trinajstić information content (AvgIpc) is 2.60. The standard InChI is InChI=1S/C19H20F3NO3/c1-3-23-12-14-11-15(19(20,21)22)7-8-17(14)26-16-6-4-5-13(9-16)10-18(24)25-2/h4-9,11,23H,3,10,12H2,1-2H3. The number of nitrogens with one attached hydrogen (secondary N) is 1. The molecule has 0 aromatic heterocycles. The Balaban J connectivity index is 2.27. The van der Waals surface area contributed by atoms with Gasteiger partial charge >= 0.3 is 12.1 Å². The molecule has 0 unspecified atom stereocenters. The van der Waals surface area contributed by atoms with Gasteiger partial charge < -0.3 is 14.8 Å². The lowest BCUT2D eigenvalue weighted by molar-refractivity contribution is -0.140. The Labute approximate surface area is 149 Å². The molecule has 0 radical (unpaired) electrons. The Morgan fingerprint density at radius 2 is 1.92 bits per heavy atom. The second kappa shape index (κ2) is 8.71. The number of hydrogen-bond donors (Lipinski definition) is 1. The van der Waals surface area contributed by atoms with Crippen LogP contribution >= 0.6 is 0 Å². The summed E-state index contributed by atoms with van der Waals surface area (Å²) in [5, 5.41) is 3.01. The molecule has 0 amide bonds. The van der Waals surface area contributed by atoms with Gasteiger partial charge in [0, 0.05) is 12.1 Å². The van der Waals surface area contributed by atoms with E-state index in [9.17, 15) is 18.0 Å². The van der Waals surface area contributed by atoms with E-state index in [1.54, 1.807) is 24.3 Å². The van der Waals surface area contributed by atoms with Gasteiger partial charge in [-0.15, -0.1) is 0 Å². The molecule has 0 aliphatic carbocycles. The number of carbonyl (C=O) groups excluding carboxylic acids is 1. The van der Waals surface area contributed by atoms with Crippen molar-refractivity contribution in [2.45, 2.75) is 26.1 Å². The number of rotatable bonds is 7. The summed E-state index contributed by atoms with van der Waals surface area (Å²) in [6.45, 7) is 2.73. The van der Waals surface area contributed by atoms with Crippen LogP contribution in [0.2, 0.25) is 0 Å². The van der Waals surface area contributed by atoms with Crippen molar-refractivity contribution in [1.82, 2.24) is 5.32 Å². The van der Waals surface area contributed by atoms with Crippen LogP contribution in [0.4, 0.5) is 13.2 Å². The molecule has 7 heteroatoms.